The molecule has 15 heavy (non-hydrogen) atoms. The van der Waals surface area contributed by atoms with Gasteiger partial charge in [0.1, 0.15) is 0 Å². The minimum absolute atomic E-state index is 0.00495. The smallest absolute Gasteiger partial charge is 0.158 e. The molecule has 0 fully saturated rings. The second-order valence-electron chi connectivity index (χ2n) is 3.52. The van der Waals surface area contributed by atoms with Crippen LogP contribution in [-0.4, -0.2) is 25.2 Å². The fourth-order valence-electron chi connectivity index (χ4n) is 1.25. The molecule has 0 spiro atoms. The summed E-state index contributed by atoms with van der Waals surface area (Å²) in [5.74, 6) is -0.00495. The highest BCUT2D eigenvalue weighted by atomic mass is 32.2. The van der Waals surface area contributed by atoms with E-state index in [-0.39, 0.29) is 5.75 Å². The van der Waals surface area contributed by atoms with Crippen molar-refractivity contribution in [2.24, 2.45) is 5.73 Å². The molecule has 5 heteroatoms. The highest BCUT2D eigenvalue weighted by molar-refractivity contribution is 7.91. The van der Waals surface area contributed by atoms with Crippen molar-refractivity contribution in [2.45, 2.75) is 24.3 Å². The molecule has 0 radical (unpaired) electrons. The second kappa shape index (κ2) is 5.23. The first-order valence-electron chi connectivity index (χ1n) is 4.88. The van der Waals surface area contributed by atoms with E-state index in [4.69, 9.17) is 5.73 Å². The van der Waals surface area contributed by atoms with Crippen LogP contribution in [0.1, 0.15) is 19.0 Å². The van der Waals surface area contributed by atoms with Crippen molar-refractivity contribution in [2.75, 3.05) is 6.54 Å². The molecule has 0 saturated heterocycles. The zero-order chi connectivity index (χ0) is 11.3. The zero-order valence-electron chi connectivity index (χ0n) is 8.76. The van der Waals surface area contributed by atoms with Crippen LogP contribution in [0.15, 0.2) is 24.4 Å². The number of pyridine rings is 1. The third kappa shape index (κ3) is 3.60. The molecule has 1 heterocycles. The molecule has 0 bridgehead atoms. The van der Waals surface area contributed by atoms with E-state index in [1.54, 1.807) is 31.3 Å². The first-order valence-corrected chi connectivity index (χ1v) is 6.59. The Hall–Kier alpha value is -0.940. The fourth-order valence-corrected chi connectivity index (χ4v) is 2.61. The number of sulfone groups is 1. The molecule has 1 aromatic heterocycles. The second-order valence-corrected chi connectivity index (χ2v) is 5.94. The number of aromatic nitrogens is 1. The monoisotopic (exact) mass is 228 g/mol. The van der Waals surface area contributed by atoms with Crippen molar-refractivity contribution in [3.63, 3.8) is 0 Å². The maximum Gasteiger partial charge on any atom is 0.158 e. The van der Waals surface area contributed by atoms with Crippen LogP contribution in [0.3, 0.4) is 0 Å². The molecule has 4 nitrogen and oxygen atoms in total. The number of hydrogen-bond acceptors (Lipinski definition) is 4. The number of rotatable bonds is 5. The highest BCUT2D eigenvalue weighted by Gasteiger charge is 2.20. The van der Waals surface area contributed by atoms with Crippen molar-refractivity contribution in [3.05, 3.63) is 30.1 Å². The summed E-state index contributed by atoms with van der Waals surface area (Å²) in [7, 11) is -3.12. The van der Waals surface area contributed by atoms with Gasteiger partial charge in [0.2, 0.25) is 0 Å². The van der Waals surface area contributed by atoms with E-state index in [1.807, 2.05) is 0 Å². The van der Waals surface area contributed by atoms with Crippen LogP contribution < -0.4 is 5.73 Å². The van der Waals surface area contributed by atoms with Gasteiger partial charge < -0.3 is 5.73 Å². The summed E-state index contributed by atoms with van der Waals surface area (Å²) < 4.78 is 23.6. The van der Waals surface area contributed by atoms with Gasteiger partial charge in [-0.15, -0.1) is 0 Å². The Balaban J connectivity index is 2.73. The van der Waals surface area contributed by atoms with Crippen LogP contribution in [0, 0.1) is 0 Å². The third-order valence-electron chi connectivity index (χ3n) is 2.26. The Kier molecular flexibility index (Phi) is 4.23. The summed E-state index contributed by atoms with van der Waals surface area (Å²) >= 11 is 0. The summed E-state index contributed by atoms with van der Waals surface area (Å²) in [6.07, 6.45) is 2.09. The van der Waals surface area contributed by atoms with E-state index in [1.165, 1.54) is 0 Å². The first-order chi connectivity index (χ1) is 7.06. The largest absolute Gasteiger partial charge is 0.330 e. The number of nitrogens with two attached hydrogens (primary N) is 1. The molecule has 1 unspecified atom stereocenters. The minimum atomic E-state index is -3.12. The molecule has 0 aliphatic rings. The van der Waals surface area contributed by atoms with Gasteiger partial charge >= 0.3 is 0 Å². The van der Waals surface area contributed by atoms with Crippen LogP contribution in [0.2, 0.25) is 0 Å². The van der Waals surface area contributed by atoms with Gasteiger partial charge in [-0.2, -0.15) is 0 Å². The van der Waals surface area contributed by atoms with Crippen molar-refractivity contribution in [1.82, 2.24) is 4.98 Å². The molecule has 84 valence electrons. The van der Waals surface area contributed by atoms with Gasteiger partial charge in [-0.1, -0.05) is 6.07 Å². The van der Waals surface area contributed by atoms with Gasteiger partial charge in [0.25, 0.3) is 0 Å². The first kappa shape index (κ1) is 12.1. The molecule has 2 N–H and O–H groups in total. The van der Waals surface area contributed by atoms with Crippen LogP contribution in [0.5, 0.6) is 0 Å². The summed E-state index contributed by atoms with van der Waals surface area (Å²) in [6, 6.07) is 5.26. The van der Waals surface area contributed by atoms with Gasteiger partial charge in [-0.05, 0) is 32.0 Å². The third-order valence-corrected chi connectivity index (χ3v) is 4.42. The predicted molar refractivity (Wildman–Crippen MR) is 60.0 cm³/mol. The van der Waals surface area contributed by atoms with Gasteiger partial charge in [-0.3, -0.25) is 4.98 Å². The van der Waals surface area contributed by atoms with E-state index >= 15 is 0 Å². The maximum atomic E-state index is 11.8. The molecule has 1 aromatic rings. The van der Waals surface area contributed by atoms with E-state index in [2.05, 4.69) is 4.98 Å². The Bertz CT molecular complexity index is 389. The lowest BCUT2D eigenvalue weighted by molar-refractivity contribution is 0.576. The lowest BCUT2D eigenvalue weighted by Gasteiger charge is -2.10. The van der Waals surface area contributed by atoms with Gasteiger partial charge in [0, 0.05) is 6.20 Å². The Labute approximate surface area is 90.4 Å². The van der Waals surface area contributed by atoms with Gasteiger partial charge in [0.15, 0.2) is 9.84 Å². The lowest BCUT2D eigenvalue weighted by Crippen LogP contribution is -2.23. The highest BCUT2D eigenvalue weighted by Crippen LogP contribution is 2.11. The Morgan fingerprint density at radius 1 is 1.47 bits per heavy atom. The van der Waals surface area contributed by atoms with Crippen LogP contribution in [0.4, 0.5) is 0 Å². The van der Waals surface area contributed by atoms with E-state index in [0.29, 0.717) is 18.7 Å². The van der Waals surface area contributed by atoms with Crippen molar-refractivity contribution in [1.29, 1.82) is 0 Å². The fraction of sp³-hybridized carbons (Fsp3) is 0.500. The number of hydrogen-bond donors (Lipinski definition) is 1. The van der Waals surface area contributed by atoms with Crippen LogP contribution in [0.25, 0.3) is 0 Å². The van der Waals surface area contributed by atoms with Crippen molar-refractivity contribution in [3.8, 4) is 0 Å². The van der Waals surface area contributed by atoms with E-state index < -0.39 is 15.1 Å². The van der Waals surface area contributed by atoms with E-state index in [9.17, 15) is 8.42 Å². The summed E-state index contributed by atoms with van der Waals surface area (Å²) in [5.41, 5.74) is 5.92. The quantitative estimate of drug-likeness (QED) is 0.806. The Morgan fingerprint density at radius 2 is 2.20 bits per heavy atom. The maximum absolute atomic E-state index is 11.8. The lowest BCUT2D eigenvalue weighted by atomic mass is 10.3. The molecular weight excluding hydrogens is 212 g/mol. The average Bonchev–Trinajstić information content (AvgIpc) is 2.19. The standard InChI is InChI=1S/C10H16N2O2S/c1-9(5-6-11)15(13,14)8-10-4-2-3-7-12-10/h2-4,7,9H,5-6,8,11H2,1H3. The van der Waals surface area contributed by atoms with Gasteiger partial charge in [0.05, 0.1) is 16.7 Å². The van der Waals surface area contributed by atoms with Gasteiger partial charge in [-0.25, -0.2) is 8.42 Å². The topological polar surface area (TPSA) is 73.1 Å². The van der Waals surface area contributed by atoms with Crippen LogP contribution in [-0.2, 0) is 15.6 Å². The zero-order valence-corrected chi connectivity index (χ0v) is 9.57. The van der Waals surface area contributed by atoms with Crippen molar-refractivity contribution < 1.29 is 8.42 Å². The molecule has 0 aliphatic heterocycles. The predicted octanol–water partition coefficient (Wildman–Crippen LogP) is 0.734. The Morgan fingerprint density at radius 3 is 2.73 bits per heavy atom. The summed E-state index contributed by atoms with van der Waals surface area (Å²) in [6.45, 7) is 2.08. The summed E-state index contributed by atoms with van der Waals surface area (Å²) in [4.78, 5) is 4.00. The molecule has 0 saturated carbocycles. The van der Waals surface area contributed by atoms with Crippen molar-refractivity contribution >= 4 is 9.84 Å². The number of nitrogens with zero attached hydrogens (tertiary/aromatic N) is 1. The van der Waals surface area contributed by atoms with E-state index in [0.717, 1.165) is 0 Å². The molecule has 0 amide bonds. The van der Waals surface area contributed by atoms with Crippen LogP contribution >= 0.6 is 0 Å². The molecule has 1 atom stereocenters. The molecule has 0 aromatic carbocycles. The SMILES string of the molecule is CC(CCN)S(=O)(=O)Cc1ccccn1. The minimum Gasteiger partial charge on any atom is -0.330 e. The molecule has 0 aliphatic carbocycles. The average molecular weight is 228 g/mol. The molecule has 1 rings (SSSR count). The normalized spacial score (nSPS) is 13.7. The molecular formula is C10H16N2O2S. The summed E-state index contributed by atoms with van der Waals surface area (Å²) in [5, 5.41) is -0.399.